The van der Waals surface area contributed by atoms with E-state index in [9.17, 15) is 4.79 Å². The molecular formula is C17H25ClN2O. The lowest BCUT2D eigenvalue weighted by Crippen LogP contribution is -2.42. The fourth-order valence-corrected chi connectivity index (χ4v) is 3.42. The van der Waals surface area contributed by atoms with E-state index < -0.39 is 0 Å². The molecule has 1 N–H and O–H groups in total. The molecule has 0 saturated heterocycles. The maximum atomic E-state index is 12.5. The highest BCUT2D eigenvalue weighted by Crippen LogP contribution is 2.28. The van der Waals surface area contributed by atoms with E-state index in [1.54, 1.807) is 6.07 Å². The highest BCUT2D eigenvalue weighted by molar-refractivity contribution is 6.29. The average molecular weight is 309 g/mol. The Hall–Kier alpha value is -1.09. The Labute approximate surface area is 132 Å². The van der Waals surface area contributed by atoms with Crippen molar-refractivity contribution < 1.29 is 4.79 Å². The summed E-state index contributed by atoms with van der Waals surface area (Å²) in [6.07, 6.45) is 5.27. The standard InChI is InChI=1S/C17H25ClN2O/c1-4-5-14-9-13(10-16(18)19-14)17(21)20-15-7-6-11(2)8-12(15)3/h9-12,15H,4-8H2,1-3H3,(H,20,21). The number of amides is 1. The van der Waals surface area contributed by atoms with Crippen molar-refractivity contribution in [3.05, 3.63) is 28.5 Å². The predicted molar refractivity (Wildman–Crippen MR) is 86.7 cm³/mol. The van der Waals surface area contributed by atoms with Gasteiger partial charge in [-0.3, -0.25) is 4.79 Å². The molecule has 0 spiro atoms. The van der Waals surface area contributed by atoms with E-state index in [-0.39, 0.29) is 11.9 Å². The van der Waals surface area contributed by atoms with Crippen LogP contribution in [0.3, 0.4) is 0 Å². The zero-order valence-corrected chi connectivity index (χ0v) is 13.9. The number of carbonyl (C=O) groups is 1. The monoisotopic (exact) mass is 308 g/mol. The molecule has 3 unspecified atom stereocenters. The van der Waals surface area contributed by atoms with E-state index in [0.29, 0.717) is 16.6 Å². The summed E-state index contributed by atoms with van der Waals surface area (Å²) in [6.45, 7) is 6.60. The molecule has 0 aliphatic heterocycles. The number of pyridine rings is 1. The first kappa shape index (κ1) is 16.3. The number of hydrogen-bond donors (Lipinski definition) is 1. The molecule has 2 rings (SSSR count). The smallest absolute Gasteiger partial charge is 0.251 e. The van der Waals surface area contributed by atoms with Gasteiger partial charge in [-0.15, -0.1) is 0 Å². The van der Waals surface area contributed by atoms with Crippen LogP contribution in [0.2, 0.25) is 5.15 Å². The summed E-state index contributed by atoms with van der Waals surface area (Å²) in [5.41, 5.74) is 1.52. The van der Waals surface area contributed by atoms with Gasteiger partial charge in [0.15, 0.2) is 0 Å². The van der Waals surface area contributed by atoms with E-state index in [4.69, 9.17) is 11.6 Å². The van der Waals surface area contributed by atoms with E-state index in [1.807, 2.05) is 6.07 Å². The van der Waals surface area contributed by atoms with Gasteiger partial charge in [0.2, 0.25) is 0 Å². The Balaban J connectivity index is 2.06. The molecule has 1 aromatic heterocycles. The van der Waals surface area contributed by atoms with Crippen LogP contribution in [-0.2, 0) is 6.42 Å². The minimum Gasteiger partial charge on any atom is -0.349 e. The van der Waals surface area contributed by atoms with Crippen molar-refractivity contribution in [1.29, 1.82) is 0 Å². The highest BCUT2D eigenvalue weighted by atomic mass is 35.5. The third-order valence-electron chi connectivity index (χ3n) is 4.36. The van der Waals surface area contributed by atoms with Crippen LogP contribution in [0.15, 0.2) is 12.1 Å². The van der Waals surface area contributed by atoms with Crippen LogP contribution in [0.1, 0.15) is 62.5 Å². The molecule has 21 heavy (non-hydrogen) atoms. The number of nitrogens with one attached hydrogen (secondary N) is 1. The first-order valence-electron chi connectivity index (χ1n) is 7.97. The van der Waals surface area contributed by atoms with Crippen molar-refractivity contribution in [1.82, 2.24) is 10.3 Å². The van der Waals surface area contributed by atoms with Gasteiger partial charge < -0.3 is 5.32 Å². The summed E-state index contributed by atoms with van der Waals surface area (Å²) in [7, 11) is 0. The van der Waals surface area contributed by atoms with Gasteiger partial charge in [0, 0.05) is 17.3 Å². The molecule has 0 radical (unpaired) electrons. The molecular weight excluding hydrogens is 284 g/mol. The van der Waals surface area contributed by atoms with Crippen molar-refractivity contribution >= 4 is 17.5 Å². The topological polar surface area (TPSA) is 42.0 Å². The summed E-state index contributed by atoms with van der Waals surface area (Å²) in [5.74, 6) is 1.27. The van der Waals surface area contributed by atoms with Crippen molar-refractivity contribution in [3.8, 4) is 0 Å². The predicted octanol–water partition coefficient (Wildman–Crippen LogP) is 4.24. The molecule has 1 fully saturated rings. The van der Waals surface area contributed by atoms with Gasteiger partial charge in [-0.1, -0.05) is 38.8 Å². The van der Waals surface area contributed by atoms with E-state index in [2.05, 4.69) is 31.1 Å². The molecule has 3 atom stereocenters. The Bertz CT molecular complexity index is 504. The molecule has 1 aliphatic carbocycles. The number of carbonyl (C=O) groups excluding carboxylic acids is 1. The van der Waals surface area contributed by atoms with Gasteiger partial charge in [-0.2, -0.15) is 0 Å². The summed E-state index contributed by atoms with van der Waals surface area (Å²) in [6, 6.07) is 3.79. The number of nitrogens with zero attached hydrogens (tertiary/aromatic N) is 1. The number of rotatable bonds is 4. The Morgan fingerprint density at radius 3 is 2.81 bits per heavy atom. The van der Waals surface area contributed by atoms with Crippen molar-refractivity contribution in [2.24, 2.45) is 11.8 Å². The third kappa shape index (κ3) is 4.44. The fraction of sp³-hybridized carbons (Fsp3) is 0.647. The van der Waals surface area contributed by atoms with Gasteiger partial charge in [-0.05, 0) is 49.7 Å². The number of halogens is 1. The van der Waals surface area contributed by atoms with Crippen LogP contribution in [0.4, 0.5) is 0 Å². The molecule has 4 heteroatoms. The van der Waals surface area contributed by atoms with Gasteiger partial charge >= 0.3 is 0 Å². The van der Waals surface area contributed by atoms with Crippen molar-refractivity contribution in [2.75, 3.05) is 0 Å². The minimum absolute atomic E-state index is 0.0249. The number of aryl methyl sites for hydroxylation is 1. The Morgan fingerprint density at radius 2 is 2.14 bits per heavy atom. The maximum Gasteiger partial charge on any atom is 0.251 e. The normalized spacial score (nSPS) is 25.6. The lowest BCUT2D eigenvalue weighted by atomic mass is 9.80. The van der Waals surface area contributed by atoms with E-state index >= 15 is 0 Å². The van der Waals surface area contributed by atoms with Crippen LogP contribution in [-0.4, -0.2) is 16.9 Å². The fourth-order valence-electron chi connectivity index (χ4n) is 3.20. The van der Waals surface area contributed by atoms with Crippen LogP contribution in [0.5, 0.6) is 0 Å². The van der Waals surface area contributed by atoms with Gasteiger partial charge in [-0.25, -0.2) is 4.98 Å². The zero-order chi connectivity index (χ0) is 15.4. The number of aromatic nitrogens is 1. The molecule has 116 valence electrons. The quantitative estimate of drug-likeness (QED) is 0.845. The van der Waals surface area contributed by atoms with Gasteiger partial charge in [0.25, 0.3) is 5.91 Å². The summed E-state index contributed by atoms with van der Waals surface area (Å²) in [5, 5.41) is 3.58. The number of hydrogen-bond acceptors (Lipinski definition) is 2. The van der Waals surface area contributed by atoms with Crippen LogP contribution >= 0.6 is 11.6 Å². The second kappa shape index (κ2) is 7.26. The Kier molecular flexibility index (Phi) is 5.63. The summed E-state index contributed by atoms with van der Waals surface area (Å²) >= 11 is 6.03. The second-order valence-corrected chi connectivity index (χ2v) is 6.78. The lowest BCUT2D eigenvalue weighted by molar-refractivity contribution is 0.0899. The average Bonchev–Trinajstić information content (AvgIpc) is 2.41. The molecule has 3 nitrogen and oxygen atoms in total. The zero-order valence-electron chi connectivity index (χ0n) is 13.2. The molecule has 1 amide bonds. The van der Waals surface area contributed by atoms with Crippen molar-refractivity contribution in [2.45, 2.75) is 58.9 Å². The third-order valence-corrected chi connectivity index (χ3v) is 4.56. The first-order chi connectivity index (χ1) is 9.99. The summed E-state index contributed by atoms with van der Waals surface area (Å²) < 4.78 is 0. The molecule has 0 bridgehead atoms. The first-order valence-corrected chi connectivity index (χ1v) is 8.34. The molecule has 1 aliphatic rings. The molecule has 1 aromatic rings. The van der Waals surface area contributed by atoms with Gasteiger partial charge in [0.1, 0.15) is 5.15 Å². The maximum absolute atomic E-state index is 12.5. The lowest BCUT2D eigenvalue weighted by Gasteiger charge is -2.33. The largest absolute Gasteiger partial charge is 0.349 e. The second-order valence-electron chi connectivity index (χ2n) is 6.40. The SMILES string of the molecule is CCCc1cc(C(=O)NC2CCC(C)CC2C)cc(Cl)n1. The Morgan fingerprint density at radius 1 is 1.38 bits per heavy atom. The molecule has 1 heterocycles. The minimum atomic E-state index is -0.0249. The summed E-state index contributed by atoms with van der Waals surface area (Å²) in [4.78, 5) is 16.7. The van der Waals surface area contributed by atoms with Gasteiger partial charge in [0.05, 0.1) is 0 Å². The molecule has 1 saturated carbocycles. The van der Waals surface area contributed by atoms with E-state index in [1.165, 1.54) is 12.8 Å². The van der Waals surface area contributed by atoms with Crippen LogP contribution in [0, 0.1) is 11.8 Å². The van der Waals surface area contributed by atoms with Crippen LogP contribution < -0.4 is 5.32 Å². The highest BCUT2D eigenvalue weighted by Gasteiger charge is 2.26. The van der Waals surface area contributed by atoms with Crippen molar-refractivity contribution in [3.63, 3.8) is 0 Å². The molecule has 0 aromatic carbocycles. The van der Waals surface area contributed by atoms with E-state index in [0.717, 1.165) is 30.9 Å². The van der Waals surface area contributed by atoms with Crippen LogP contribution in [0.25, 0.3) is 0 Å².